The number of hydrogen-bond acceptors (Lipinski definition) is 3. The van der Waals surface area contributed by atoms with Crippen molar-refractivity contribution in [2.24, 2.45) is 5.92 Å². The lowest BCUT2D eigenvalue weighted by Gasteiger charge is -2.29. The maximum absolute atomic E-state index is 10.4. The monoisotopic (exact) mass is 229 g/mol. The number of carboxylic acid groups (broad SMARTS) is 1. The topological polar surface area (TPSA) is 69.6 Å². The van der Waals surface area contributed by atoms with Crippen molar-refractivity contribution in [3.05, 3.63) is 0 Å². The van der Waals surface area contributed by atoms with Gasteiger partial charge in [-0.05, 0) is 18.8 Å². The number of rotatable bonds is 6. The molecule has 1 saturated carbocycles. The van der Waals surface area contributed by atoms with E-state index in [9.17, 15) is 9.90 Å². The lowest BCUT2D eigenvalue weighted by Crippen LogP contribution is -2.39. The average molecular weight is 229 g/mol. The SMILES string of the molecule is CCC1CCCC(NCC(O)CC(=O)O)C1. The Morgan fingerprint density at radius 3 is 2.88 bits per heavy atom. The average Bonchev–Trinajstić information content (AvgIpc) is 2.26. The second-order valence-electron chi connectivity index (χ2n) is 4.80. The first-order valence-electron chi connectivity index (χ1n) is 6.25. The molecule has 0 aromatic heterocycles. The van der Waals surface area contributed by atoms with E-state index in [2.05, 4.69) is 12.2 Å². The highest BCUT2D eigenvalue weighted by molar-refractivity contribution is 5.67. The predicted octanol–water partition coefficient (Wildman–Crippen LogP) is 1.38. The molecule has 0 radical (unpaired) electrons. The molecule has 1 fully saturated rings. The zero-order chi connectivity index (χ0) is 12.0. The van der Waals surface area contributed by atoms with Crippen LogP contribution in [0.2, 0.25) is 0 Å². The molecular formula is C12H23NO3. The molecule has 0 aromatic rings. The predicted molar refractivity (Wildman–Crippen MR) is 62.3 cm³/mol. The third-order valence-electron chi connectivity index (χ3n) is 3.41. The number of aliphatic carboxylic acids is 1. The van der Waals surface area contributed by atoms with Gasteiger partial charge in [-0.1, -0.05) is 26.2 Å². The maximum atomic E-state index is 10.4. The molecule has 3 N–H and O–H groups in total. The minimum Gasteiger partial charge on any atom is -0.481 e. The van der Waals surface area contributed by atoms with Crippen molar-refractivity contribution >= 4 is 5.97 Å². The first-order chi connectivity index (χ1) is 7.61. The van der Waals surface area contributed by atoms with Crippen LogP contribution in [0.25, 0.3) is 0 Å². The third-order valence-corrected chi connectivity index (χ3v) is 3.41. The molecule has 0 amide bonds. The van der Waals surface area contributed by atoms with E-state index in [1.54, 1.807) is 0 Å². The molecule has 0 spiro atoms. The highest BCUT2D eigenvalue weighted by Gasteiger charge is 2.21. The summed E-state index contributed by atoms with van der Waals surface area (Å²) in [5.41, 5.74) is 0. The highest BCUT2D eigenvalue weighted by atomic mass is 16.4. The van der Waals surface area contributed by atoms with Crippen molar-refractivity contribution in [2.75, 3.05) is 6.54 Å². The van der Waals surface area contributed by atoms with Crippen LogP contribution in [0.1, 0.15) is 45.4 Å². The van der Waals surface area contributed by atoms with Crippen molar-refractivity contribution < 1.29 is 15.0 Å². The molecule has 1 aliphatic carbocycles. The smallest absolute Gasteiger partial charge is 0.306 e. The Morgan fingerprint density at radius 1 is 1.50 bits per heavy atom. The zero-order valence-corrected chi connectivity index (χ0v) is 9.98. The summed E-state index contributed by atoms with van der Waals surface area (Å²) in [4.78, 5) is 10.4. The fourth-order valence-electron chi connectivity index (χ4n) is 2.42. The summed E-state index contributed by atoms with van der Waals surface area (Å²) >= 11 is 0. The molecular weight excluding hydrogens is 206 g/mol. The molecule has 0 heterocycles. The number of carboxylic acids is 1. The Bertz CT molecular complexity index is 220. The van der Waals surface area contributed by atoms with Gasteiger partial charge in [-0.3, -0.25) is 4.79 Å². The molecule has 0 aromatic carbocycles. The van der Waals surface area contributed by atoms with Crippen molar-refractivity contribution in [3.63, 3.8) is 0 Å². The lowest BCUT2D eigenvalue weighted by molar-refractivity contribution is -0.139. The highest BCUT2D eigenvalue weighted by Crippen LogP contribution is 2.26. The van der Waals surface area contributed by atoms with Gasteiger partial charge in [0.1, 0.15) is 0 Å². The Hall–Kier alpha value is -0.610. The maximum Gasteiger partial charge on any atom is 0.306 e. The third kappa shape index (κ3) is 4.94. The van der Waals surface area contributed by atoms with E-state index >= 15 is 0 Å². The molecule has 94 valence electrons. The van der Waals surface area contributed by atoms with E-state index < -0.39 is 12.1 Å². The van der Waals surface area contributed by atoms with E-state index in [0.717, 1.165) is 18.8 Å². The van der Waals surface area contributed by atoms with Gasteiger partial charge in [0, 0.05) is 12.6 Å². The minimum absolute atomic E-state index is 0.170. The number of hydrogen-bond donors (Lipinski definition) is 3. The number of nitrogens with one attached hydrogen (secondary N) is 1. The Kier molecular flexibility index (Phi) is 5.77. The molecule has 0 aliphatic heterocycles. The summed E-state index contributed by atoms with van der Waals surface area (Å²) in [7, 11) is 0. The van der Waals surface area contributed by atoms with Crippen molar-refractivity contribution in [2.45, 2.75) is 57.6 Å². The van der Waals surface area contributed by atoms with Crippen LogP contribution in [0.5, 0.6) is 0 Å². The van der Waals surface area contributed by atoms with Crippen LogP contribution in [0.15, 0.2) is 0 Å². The van der Waals surface area contributed by atoms with Gasteiger partial charge < -0.3 is 15.5 Å². The van der Waals surface area contributed by atoms with Gasteiger partial charge >= 0.3 is 5.97 Å². The first-order valence-corrected chi connectivity index (χ1v) is 6.25. The molecule has 1 aliphatic rings. The van der Waals surface area contributed by atoms with Crippen LogP contribution in [-0.2, 0) is 4.79 Å². The molecule has 4 heteroatoms. The van der Waals surface area contributed by atoms with Crippen LogP contribution < -0.4 is 5.32 Å². The molecule has 1 rings (SSSR count). The van der Waals surface area contributed by atoms with Crippen LogP contribution in [0.4, 0.5) is 0 Å². The van der Waals surface area contributed by atoms with Crippen LogP contribution >= 0.6 is 0 Å². The summed E-state index contributed by atoms with van der Waals surface area (Å²) in [5.74, 6) is -0.146. The summed E-state index contributed by atoms with van der Waals surface area (Å²) in [5, 5.41) is 21.2. The summed E-state index contributed by atoms with van der Waals surface area (Å²) < 4.78 is 0. The van der Waals surface area contributed by atoms with E-state index in [1.807, 2.05) is 0 Å². The van der Waals surface area contributed by atoms with Gasteiger partial charge in [-0.15, -0.1) is 0 Å². The molecule has 4 nitrogen and oxygen atoms in total. The first kappa shape index (κ1) is 13.5. The van der Waals surface area contributed by atoms with Gasteiger partial charge in [0.05, 0.1) is 12.5 Å². The van der Waals surface area contributed by atoms with Crippen molar-refractivity contribution in [1.82, 2.24) is 5.32 Å². The van der Waals surface area contributed by atoms with E-state index in [0.29, 0.717) is 12.6 Å². The lowest BCUT2D eigenvalue weighted by atomic mass is 9.84. The Balaban J connectivity index is 2.18. The summed E-state index contributed by atoms with van der Waals surface area (Å²) in [6.07, 6.45) is 5.15. The van der Waals surface area contributed by atoms with Crippen LogP contribution in [-0.4, -0.2) is 34.9 Å². The van der Waals surface area contributed by atoms with Gasteiger partial charge in [-0.2, -0.15) is 0 Å². The van der Waals surface area contributed by atoms with Gasteiger partial charge in [0.25, 0.3) is 0 Å². The standard InChI is InChI=1S/C12H23NO3/c1-2-9-4-3-5-10(6-9)13-8-11(14)7-12(15)16/h9-11,13-14H,2-8H2,1H3,(H,15,16). The fourth-order valence-corrected chi connectivity index (χ4v) is 2.42. The quantitative estimate of drug-likeness (QED) is 0.643. The largest absolute Gasteiger partial charge is 0.481 e. The van der Waals surface area contributed by atoms with E-state index in [4.69, 9.17) is 5.11 Å². The molecule has 0 saturated heterocycles. The Labute approximate surface area is 97.0 Å². The van der Waals surface area contributed by atoms with Crippen LogP contribution in [0, 0.1) is 5.92 Å². The van der Waals surface area contributed by atoms with Gasteiger partial charge in [0.2, 0.25) is 0 Å². The van der Waals surface area contributed by atoms with E-state index in [1.165, 1.54) is 19.3 Å². The molecule has 3 atom stereocenters. The fraction of sp³-hybridized carbons (Fsp3) is 0.917. The molecule has 0 bridgehead atoms. The van der Waals surface area contributed by atoms with Gasteiger partial charge in [-0.25, -0.2) is 0 Å². The van der Waals surface area contributed by atoms with Crippen molar-refractivity contribution in [1.29, 1.82) is 0 Å². The zero-order valence-electron chi connectivity index (χ0n) is 9.98. The molecule has 16 heavy (non-hydrogen) atoms. The molecule has 3 unspecified atom stereocenters. The number of aliphatic hydroxyl groups is 1. The van der Waals surface area contributed by atoms with Crippen LogP contribution in [0.3, 0.4) is 0 Å². The van der Waals surface area contributed by atoms with Gasteiger partial charge in [0.15, 0.2) is 0 Å². The van der Waals surface area contributed by atoms with Crippen molar-refractivity contribution in [3.8, 4) is 0 Å². The summed E-state index contributed by atoms with van der Waals surface area (Å²) in [6.45, 7) is 2.61. The second-order valence-corrected chi connectivity index (χ2v) is 4.80. The Morgan fingerprint density at radius 2 is 2.25 bits per heavy atom. The number of aliphatic hydroxyl groups excluding tert-OH is 1. The normalized spacial score (nSPS) is 27.6. The summed E-state index contributed by atoms with van der Waals surface area (Å²) in [6, 6.07) is 0.460. The minimum atomic E-state index is -0.940. The second kappa shape index (κ2) is 6.86. The van der Waals surface area contributed by atoms with E-state index in [-0.39, 0.29) is 6.42 Å². The number of carbonyl (C=O) groups is 1.